The van der Waals surface area contributed by atoms with E-state index in [2.05, 4.69) is 11.4 Å². The molecule has 1 aromatic rings. The van der Waals surface area contributed by atoms with Crippen LogP contribution in [0.4, 0.5) is 0 Å². The van der Waals surface area contributed by atoms with Gasteiger partial charge in [-0.05, 0) is 24.1 Å². The standard InChI is InChI=1S/C12H19O6P/c1-3-4-7-17-9-10-5-6-11(12(8-10)16-2)18-19(13,14)15/h5-6,8H,3-4,7,9H2,1-2H3,(H2,13,14,15). The number of rotatable bonds is 8. The molecule has 0 aromatic heterocycles. The fraction of sp³-hybridized carbons (Fsp3) is 0.500. The smallest absolute Gasteiger partial charge is 0.493 e. The summed E-state index contributed by atoms with van der Waals surface area (Å²) in [4.78, 5) is 17.5. The monoisotopic (exact) mass is 290 g/mol. The predicted molar refractivity (Wildman–Crippen MR) is 70.2 cm³/mol. The van der Waals surface area contributed by atoms with Crippen LogP contribution in [-0.2, 0) is 15.9 Å². The topological polar surface area (TPSA) is 85.2 Å². The molecule has 6 nitrogen and oxygen atoms in total. The molecule has 0 fully saturated rings. The summed E-state index contributed by atoms with van der Waals surface area (Å²) in [5, 5.41) is 0. The largest absolute Gasteiger partial charge is 0.524 e. The number of unbranched alkanes of at least 4 members (excludes halogenated alkanes) is 1. The average Bonchev–Trinajstić information content (AvgIpc) is 2.34. The average molecular weight is 290 g/mol. The Balaban J connectivity index is 2.70. The Morgan fingerprint density at radius 3 is 2.58 bits per heavy atom. The van der Waals surface area contributed by atoms with E-state index in [9.17, 15) is 4.57 Å². The number of phosphoric ester groups is 1. The molecular weight excluding hydrogens is 271 g/mol. The van der Waals surface area contributed by atoms with Crippen molar-refractivity contribution in [3.63, 3.8) is 0 Å². The highest BCUT2D eigenvalue weighted by Gasteiger charge is 2.19. The molecule has 1 aromatic carbocycles. The van der Waals surface area contributed by atoms with Crippen LogP contribution in [0.5, 0.6) is 11.5 Å². The van der Waals surface area contributed by atoms with Crippen LogP contribution in [0.3, 0.4) is 0 Å². The Morgan fingerprint density at radius 2 is 2.00 bits per heavy atom. The molecule has 2 N–H and O–H groups in total. The molecule has 0 aliphatic heterocycles. The third-order valence-corrected chi connectivity index (χ3v) is 2.79. The Kier molecular flexibility index (Phi) is 6.31. The van der Waals surface area contributed by atoms with E-state index in [1.165, 1.54) is 13.2 Å². The fourth-order valence-electron chi connectivity index (χ4n) is 1.44. The second-order valence-corrected chi connectivity index (χ2v) is 5.14. The lowest BCUT2D eigenvalue weighted by Gasteiger charge is -2.12. The van der Waals surface area contributed by atoms with Gasteiger partial charge in [0.2, 0.25) is 0 Å². The lowest BCUT2D eigenvalue weighted by Crippen LogP contribution is -1.98. The molecule has 0 unspecified atom stereocenters. The van der Waals surface area contributed by atoms with Gasteiger partial charge in [0.1, 0.15) is 0 Å². The molecule has 0 heterocycles. The van der Waals surface area contributed by atoms with E-state index in [1.807, 2.05) is 0 Å². The molecule has 0 aliphatic rings. The molecular formula is C12H19O6P. The summed E-state index contributed by atoms with van der Waals surface area (Å²) in [6.07, 6.45) is 2.06. The number of benzene rings is 1. The first-order valence-corrected chi connectivity index (χ1v) is 7.49. The lowest BCUT2D eigenvalue weighted by molar-refractivity contribution is 0.118. The molecule has 0 saturated carbocycles. The Bertz CT molecular complexity index is 442. The van der Waals surface area contributed by atoms with E-state index in [0.29, 0.717) is 13.2 Å². The maximum atomic E-state index is 10.8. The molecule has 7 heteroatoms. The first-order chi connectivity index (χ1) is 8.96. The fourth-order valence-corrected chi connectivity index (χ4v) is 1.85. The maximum absolute atomic E-state index is 10.8. The summed E-state index contributed by atoms with van der Waals surface area (Å²) in [6.45, 7) is 3.19. The first-order valence-electron chi connectivity index (χ1n) is 5.96. The summed E-state index contributed by atoms with van der Waals surface area (Å²) in [5.41, 5.74) is 0.853. The summed E-state index contributed by atoms with van der Waals surface area (Å²) in [6, 6.07) is 4.77. The number of hydrogen-bond acceptors (Lipinski definition) is 4. The van der Waals surface area contributed by atoms with E-state index in [1.54, 1.807) is 12.1 Å². The van der Waals surface area contributed by atoms with Crippen LogP contribution in [0.15, 0.2) is 18.2 Å². The number of hydrogen-bond donors (Lipinski definition) is 2. The zero-order valence-electron chi connectivity index (χ0n) is 11.0. The van der Waals surface area contributed by atoms with Gasteiger partial charge in [0, 0.05) is 6.61 Å². The van der Waals surface area contributed by atoms with E-state index in [0.717, 1.165) is 18.4 Å². The molecule has 0 atom stereocenters. The lowest BCUT2D eigenvalue weighted by atomic mass is 10.2. The Morgan fingerprint density at radius 1 is 1.26 bits per heavy atom. The minimum atomic E-state index is -4.58. The van der Waals surface area contributed by atoms with E-state index in [4.69, 9.17) is 19.3 Å². The van der Waals surface area contributed by atoms with Crippen LogP contribution < -0.4 is 9.26 Å². The van der Waals surface area contributed by atoms with Crippen LogP contribution in [0.25, 0.3) is 0 Å². The summed E-state index contributed by atoms with van der Waals surface area (Å²) in [7, 11) is -3.18. The molecule has 0 radical (unpaired) electrons. The van der Waals surface area contributed by atoms with Crippen LogP contribution in [0, 0.1) is 0 Å². The normalized spacial score (nSPS) is 11.4. The van der Waals surface area contributed by atoms with E-state index >= 15 is 0 Å². The van der Waals surface area contributed by atoms with Gasteiger partial charge >= 0.3 is 7.82 Å². The number of ether oxygens (including phenoxy) is 2. The van der Waals surface area contributed by atoms with Crippen molar-refractivity contribution in [3.05, 3.63) is 23.8 Å². The van der Waals surface area contributed by atoms with Gasteiger partial charge in [-0.2, -0.15) is 0 Å². The minimum absolute atomic E-state index is 0.00754. The SMILES string of the molecule is CCCCOCc1ccc(OP(=O)(O)O)c(OC)c1. The second kappa shape index (κ2) is 7.50. The van der Waals surface area contributed by atoms with Gasteiger partial charge in [-0.15, -0.1) is 0 Å². The van der Waals surface area contributed by atoms with Gasteiger partial charge < -0.3 is 14.0 Å². The van der Waals surface area contributed by atoms with Crippen molar-refractivity contribution in [2.45, 2.75) is 26.4 Å². The Labute approximate surface area is 112 Å². The molecule has 0 amide bonds. The van der Waals surface area contributed by atoms with Crippen molar-refractivity contribution in [2.24, 2.45) is 0 Å². The molecule has 0 saturated heterocycles. The highest BCUT2D eigenvalue weighted by Crippen LogP contribution is 2.42. The number of phosphoric acid groups is 1. The zero-order chi connectivity index (χ0) is 14.3. The second-order valence-electron chi connectivity index (χ2n) is 3.97. The molecule has 0 spiro atoms. The molecule has 19 heavy (non-hydrogen) atoms. The summed E-state index contributed by atoms with van der Waals surface area (Å²) in [5.74, 6) is 0.271. The van der Waals surface area contributed by atoms with Crippen molar-refractivity contribution in [2.75, 3.05) is 13.7 Å². The molecule has 1 rings (SSSR count). The van der Waals surface area contributed by atoms with E-state index < -0.39 is 7.82 Å². The molecule has 0 aliphatic carbocycles. The van der Waals surface area contributed by atoms with Gasteiger partial charge in [0.15, 0.2) is 11.5 Å². The molecule has 108 valence electrons. The first kappa shape index (κ1) is 16.0. The van der Waals surface area contributed by atoms with Crippen LogP contribution >= 0.6 is 7.82 Å². The third-order valence-electron chi connectivity index (χ3n) is 2.36. The van der Waals surface area contributed by atoms with Crippen molar-refractivity contribution in [3.8, 4) is 11.5 Å². The van der Waals surface area contributed by atoms with Crippen LogP contribution in [0.1, 0.15) is 25.3 Å². The highest BCUT2D eigenvalue weighted by atomic mass is 31.2. The van der Waals surface area contributed by atoms with Gasteiger partial charge in [-0.3, -0.25) is 9.79 Å². The van der Waals surface area contributed by atoms with Crippen molar-refractivity contribution in [1.29, 1.82) is 0 Å². The highest BCUT2D eigenvalue weighted by molar-refractivity contribution is 7.46. The van der Waals surface area contributed by atoms with E-state index in [-0.39, 0.29) is 11.5 Å². The molecule has 0 bridgehead atoms. The number of methoxy groups -OCH3 is 1. The van der Waals surface area contributed by atoms with Gasteiger partial charge in [-0.1, -0.05) is 19.4 Å². The zero-order valence-corrected chi connectivity index (χ0v) is 11.9. The predicted octanol–water partition coefficient (Wildman–Crippen LogP) is 2.48. The summed E-state index contributed by atoms with van der Waals surface area (Å²) < 4.78 is 25.8. The van der Waals surface area contributed by atoms with Gasteiger partial charge in [0.25, 0.3) is 0 Å². The van der Waals surface area contributed by atoms with Crippen LogP contribution in [0.2, 0.25) is 0 Å². The van der Waals surface area contributed by atoms with Crippen molar-refractivity contribution >= 4 is 7.82 Å². The third kappa shape index (κ3) is 6.07. The van der Waals surface area contributed by atoms with Gasteiger partial charge in [-0.25, -0.2) is 4.57 Å². The summed E-state index contributed by atoms with van der Waals surface area (Å²) >= 11 is 0. The maximum Gasteiger partial charge on any atom is 0.524 e. The minimum Gasteiger partial charge on any atom is -0.493 e. The Hall–Kier alpha value is -1.07. The van der Waals surface area contributed by atoms with Crippen LogP contribution in [-0.4, -0.2) is 23.5 Å². The van der Waals surface area contributed by atoms with Crippen molar-refractivity contribution in [1.82, 2.24) is 0 Å². The van der Waals surface area contributed by atoms with Crippen molar-refractivity contribution < 1.29 is 28.3 Å². The quantitative estimate of drug-likeness (QED) is 0.565. The van der Waals surface area contributed by atoms with Gasteiger partial charge in [0.05, 0.1) is 13.7 Å².